The van der Waals surface area contributed by atoms with E-state index >= 15 is 0 Å². The summed E-state index contributed by atoms with van der Waals surface area (Å²) in [5, 5.41) is 14.2. The second kappa shape index (κ2) is 5.97. The zero-order chi connectivity index (χ0) is 14.6. The third-order valence-corrected chi connectivity index (χ3v) is 4.22. The van der Waals surface area contributed by atoms with Gasteiger partial charge < -0.3 is 0 Å². The van der Waals surface area contributed by atoms with Gasteiger partial charge in [0.2, 0.25) is 0 Å². The van der Waals surface area contributed by atoms with Crippen molar-refractivity contribution in [2.24, 2.45) is 5.14 Å². The van der Waals surface area contributed by atoms with Gasteiger partial charge in [0.25, 0.3) is 0 Å². The molecule has 1 unspecified atom stereocenters. The van der Waals surface area contributed by atoms with Crippen LogP contribution in [0.1, 0.15) is 37.3 Å². The summed E-state index contributed by atoms with van der Waals surface area (Å²) < 4.78 is 24.8. The van der Waals surface area contributed by atoms with Crippen LogP contribution in [0, 0.1) is 29.5 Å². The second-order valence-electron chi connectivity index (χ2n) is 4.80. The highest BCUT2D eigenvalue weighted by molar-refractivity contribution is 7.84. The van der Waals surface area contributed by atoms with E-state index in [0.29, 0.717) is 0 Å². The van der Waals surface area contributed by atoms with E-state index < -0.39 is 27.5 Å². The van der Waals surface area contributed by atoms with E-state index in [-0.39, 0.29) is 17.5 Å². The third-order valence-electron chi connectivity index (χ3n) is 2.97. The summed E-state index contributed by atoms with van der Waals surface area (Å²) in [6, 6.07) is 6.27. The fraction of sp³-hybridized carbons (Fsp3) is 0.357. The molecule has 5 heteroatoms. The Labute approximate surface area is 115 Å². The molecule has 0 spiro atoms. The monoisotopic (exact) mass is 278 g/mol. The Morgan fingerprint density at radius 1 is 1.58 bits per heavy atom. The predicted molar refractivity (Wildman–Crippen MR) is 73.7 cm³/mol. The van der Waals surface area contributed by atoms with Gasteiger partial charge in [-0.15, -0.1) is 6.42 Å². The fourth-order valence-electron chi connectivity index (χ4n) is 1.74. The molecule has 3 nitrogen and oxygen atoms in total. The number of nitriles is 1. The minimum absolute atomic E-state index is 0.0515. The zero-order valence-electron chi connectivity index (χ0n) is 10.8. The molecule has 1 aromatic rings. The van der Waals surface area contributed by atoms with Gasteiger partial charge in [-0.3, -0.25) is 5.14 Å². The van der Waals surface area contributed by atoms with E-state index in [1.165, 1.54) is 12.1 Å². The maximum Gasteiger partial charge on any atom is 0.145 e. The Kier molecular flexibility index (Phi) is 4.83. The Balaban J connectivity index is 3.17. The summed E-state index contributed by atoms with van der Waals surface area (Å²) in [7, 11) is -1.57. The quantitative estimate of drug-likeness (QED) is 0.858. The van der Waals surface area contributed by atoms with Crippen LogP contribution in [-0.2, 0) is 11.0 Å². The standard InChI is InChI=1S/C14H15FN2OS/c1-4-10(8-14(2,3)19(17)18)12-7-5-6-11(9-16)13(12)15/h1,5-7,10H,8,17H2,2-3H3/t10-,19?/m0/s1. The van der Waals surface area contributed by atoms with Crippen molar-refractivity contribution in [1.82, 2.24) is 0 Å². The first-order valence-corrected chi connectivity index (χ1v) is 6.85. The number of rotatable bonds is 4. The van der Waals surface area contributed by atoms with Crippen LogP contribution < -0.4 is 5.14 Å². The van der Waals surface area contributed by atoms with Crippen LogP contribution in [0.15, 0.2) is 18.2 Å². The minimum atomic E-state index is -1.57. The van der Waals surface area contributed by atoms with Gasteiger partial charge in [-0.2, -0.15) is 5.26 Å². The molecular weight excluding hydrogens is 263 g/mol. The molecule has 2 N–H and O–H groups in total. The van der Waals surface area contributed by atoms with Crippen molar-refractivity contribution in [3.8, 4) is 18.4 Å². The van der Waals surface area contributed by atoms with Gasteiger partial charge >= 0.3 is 0 Å². The first kappa shape index (κ1) is 15.4. The first-order valence-electron chi connectivity index (χ1n) is 5.64. The smallest absolute Gasteiger partial charge is 0.145 e. The number of hydrogen-bond donors (Lipinski definition) is 1. The highest BCUT2D eigenvalue weighted by atomic mass is 32.2. The number of benzene rings is 1. The van der Waals surface area contributed by atoms with E-state index in [2.05, 4.69) is 5.92 Å². The minimum Gasteiger partial charge on any atom is -0.251 e. The maximum atomic E-state index is 14.1. The lowest BCUT2D eigenvalue weighted by Gasteiger charge is -2.25. The highest BCUT2D eigenvalue weighted by Crippen LogP contribution is 2.30. The molecule has 1 rings (SSSR count). The van der Waals surface area contributed by atoms with Crippen molar-refractivity contribution < 1.29 is 8.60 Å². The number of nitrogens with zero attached hydrogens (tertiary/aromatic N) is 1. The molecule has 0 heterocycles. The van der Waals surface area contributed by atoms with Crippen LogP contribution >= 0.6 is 0 Å². The molecule has 0 saturated heterocycles. The molecule has 0 radical (unpaired) electrons. The largest absolute Gasteiger partial charge is 0.251 e. The van der Waals surface area contributed by atoms with Gasteiger partial charge in [0, 0.05) is 11.5 Å². The van der Waals surface area contributed by atoms with Gasteiger partial charge in [0.1, 0.15) is 11.9 Å². The lowest BCUT2D eigenvalue weighted by molar-refractivity contribution is 0.543. The lowest BCUT2D eigenvalue weighted by Crippen LogP contribution is -2.33. The Morgan fingerprint density at radius 3 is 2.68 bits per heavy atom. The summed E-state index contributed by atoms with van der Waals surface area (Å²) in [5.41, 5.74) is 0.213. The molecule has 0 fully saturated rings. The zero-order valence-corrected chi connectivity index (χ0v) is 11.6. The first-order chi connectivity index (χ1) is 8.83. The van der Waals surface area contributed by atoms with Crippen LogP contribution in [0.2, 0.25) is 0 Å². The van der Waals surface area contributed by atoms with Gasteiger partial charge in [-0.05, 0) is 26.3 Å². The van der Waals surface area contributed by atoms with Crippen LogP contribution in [0.5, 0.6) is 0 Å². The molecule has 0 aliphatic carbocycles. The fourth-order valence-corrected chi connectivity index (χ4v) is 2.07. The molecule has 0 aromatic heterocycles. The third kappa shape index (κ3) is 3.41. The predicted octanol–water partition coefficient (Wildman–Crippen LogP) is 2.21. The van der Waals surface area contributed by atoms with Gasteiger partial charge in [0.15, 0.2) is 0 Å². The van der Waals surface area contributed by atoms with Crippen molar-refractivity contribution in [2.75, 3.05) is 0 Å². The molecule has 0 aliphatic rings. The molecule has 0 saturated carbocycles. The van der Waals surface area contributed by atoms with Crippen LogP contribution in [-0.4, -0.2) is 8.96 Å². The maximum absolute atomic E-state index is 14.1. The topological polar surface area (TPSA) is 66.9 Å². The van der Waals surface area contributed by atoms with Crippen molar-refractivity contribution in [3.63, 3.8) is 0 Å². The van der Waals surface area contributed by atoms with Crippen molar-refractivity contribution in [3.05, 3.63) is 35.1 Å². The SMILES string of the molecule is C#C[C@@H](CC(C)(C)S(N)=O)c1cccc(C#N)c1F. The molecule has 1 aromatic carbocycles. The van der Waals surface area contributed by atoms with E-state index in [9.17, 15) is 8.60 Å². The second-order valence-corrected chi connectivity index (χ2v) is 6.50. The molecule has 0 amide bonds. The average molecular weight is 278 g/mol. The summed E-state index contributed by atoms with van der Waals surface area (Å²) in [6.45, 7) is 3.42. The molecule has 100 valence electrons. The molecule has 0 bridgehead atoms. The lowest BCUT2D eigenvalue weighted by atomic mass is 9.89. The molecule has 2 atom stereocenters. The molecular formula is C14H15FN2OS. The summed E-state index contributed by atoms with van der Waals surface area (Å²) in [6.07, 6.45) is 5.71. The molecule has 19 heavy (non-hydrogen) atoms. The summed E-state index contributed by atoms with van der Waals surface area (Å²) in [4.78, 5) is 0. The van der Waals surface area contributed by atoms with Gasteiger partial charge in [-0.25, -0.2) is 8.60 Å². The van der Waals surface area contributed by atoms with Crippen LogP contribution in [0.3, 0.4) is 0 Å². The van der Waals surface area contributed by atoms with E-state index in [0.717, 1.165) is 0 Å². The average Bonchev–Trinajstić information content (AvgIpc) is 2.36. The van der Waals surface area contributed by atoms with Crippen LogP contribution in [0.25, 0.3) is 0 Å². The van der Waals surface area contributed by atoms with E-state index in [1.807, 2.05) is 0 Å². The Bertz CT molecular complexity index is 584. The number of hydrogen-bond acceptors (Lipinski definition) is 2. The van der Waals surface area contributed by atoms with E-state index in [4.69, 9.17) is 16.8 Å². The van der Waals surface area contributed by atoms with Crippen molar-refractivity contribution >= 4 is 11.0 Å². The normalized spacial score (nSPS) is 14.2. The van der Waals surface area contributed by atoms with E-state index in [1.54, 1.807) is 26.0 Å². The highest BCUT2D eigenvalue weighted by Gasteiger charge is 2.29. The number of terminal acetylenes is 1. The van der Waals surface area contributed by atoms with Crippen molar-refractivity contribution in [1.29, 1.82) is 5.26 Å². The van der Waals surface area contributed by atoms with Gasteiger partial charge in [0.05, 0.1) is 21.3 Å². The molecule has 0 aliphatic heterocycles. The summed E-state index contributed by atoms with van der Waals surface area (Å²) in [5.74, 6) is 1.29. The summed E-state index contributed by atoms with van der Waals surface area (Å²) >= 11 is 0. The number of nitrogens with two attached hydrogens (primary N) is 1. The van der Waals surface area contributed by atoms with Crippen LogP contribution in [0.4, 0.5) is 4.39 Å². The Morgan fingerprint density at radius 2 is 2.21 bits per heavy atom. The Hall–Kier alpha value is -1.69. The van der Waals surface area contributed by atoms with Gasteiger partial charge in [-0.1, -0.05) is 18.1 Å². The van der Waals surface area contributed by atoms with Crippen molar-refractivity contribution in [2.45, 2.75) is 30.9 Å². The number of halogens is 1.